The third-order valence-electron chi connectivity index (χ3n) is 7.82. The van der Waals surface area contributed by atoms with Crippen molar-refractivity contribution >= 4 is 5.91 Å². The van der Waals surface area contributed by atoms with E-state index in [0.717, 1.165) is 25.7 Å². The van der Waals surface area contributed by atoms with E-state index in [1.165, 1.54) is 122 Å². The molecule has 39 heavy (non-hydrogen) atoms. The predicted octanol–water partition coefficient (Wildman–Crippen LogP) is 8.53. The van der Waals surface area contributed by atoms with Gasteiger partial charge in [-0.3, -0.25) is 4.79 Å². The molecule has 0 aromatic carbocycles. The van der Waals surface area contributed by atoms with Crippen molar-refractivity contribution in [2.24, 2.45) is 0 Å². The summed E-state index contributed by atoms with van der Waals surface area (Å²) in [5, 5.41) is 32.9. The van der Waals surface area contributed by atoms with Gasteiger partial charge in [-0.1, -0.05) is 161 Å². The standard InChI is InChI=1S/C34H67NO4/c1-3-5-7-9-11-13-15-16-18-20-22-24-26-28-33(38)32(30-36)35-34(39)29-31(37)27-25-23-21-19-17-14-12-10-8-6-4-2/h26,28,31-33,36-38H,3-25,27,29-30H2,1-2H3,(H,35,39)/b28-26+/t31-,32-,33+/m0/s1. The molecular weight excluding hydrogens is 486 g/mol. The molecule has 0 heterocycles. The quantitative estimate of drug-likeness (QED) is 0.0530. The number of amides is 1. The summed E-state index contributed by atoms with van der Waals surface area (Å²) < 4.78 is 0. The number of hydrogen-bond acceptors (Lipinski definition) is 4. The number of hydrogen-bond donors (Lipinski definition) is 4. The number of aliphatic hydroxyl groups is 3. The fraction of sp³-hybridized carbons (Fsp3) is 0.912. The maximum absolute atomic E-state index is 12.3. The van der Waals surface area contributed by atoms with Gasteiger partial charge in [-0.25, -0.2) is 0 Å². The Kier molecular flexibility index (Phi) is 29.4. The van der Waals surface area contributed by atoms with Crippen LogP contribution in [-0.2, 0) is 4.79 Å². The van der Waals surface area contributed by atoms with Crippen LogP contribution < -0.4 is 5.32 Å². The van der Waals surface area contributed by atoms with Gasteiger partial charge < -0.3 is 20.6 Å². The van der Waals surface area contributed by atoms with Crippen LogP contribution in [0.5, 0.6) is 0 Å². The van der Waals surface area contributed by atoms with Gasteiger partial charge in [0.05, 0.1) is 31.3 Å². The molecule has 232 valence electrons. The molecule has 0 aromatic heterocycles. The van der Waals surface area contributed by atoms with Crippen LogP contribution in [0.4, 0.5) is 0 Å². The summed E-state index contributed by atoms with van der Waals surface area (Å²) in [5.41, 5.74) is 0. The lowest BCUT2D eigenvalue weighted by Gasteiger charge is -2.21. The number of aliphatic hydroxyl groups excluding tert-OH is 3. The lowest BCUT2D eigenvalue weighted by molar-refractivity contribution is -0.124. The van der Waals surface area contributed by atoms with Crippen LogP contribution >= 0.6 is 0 Å². The maximum atomic E-state index is 12.3. The molecule has 0 bridgehead atoms. The average Bonchev–Trinajstić information content (AvgIpc) is 2.92. The van der Waals surface area contributed by atoms with Gasteiger partial charge in [0.2, 0.25) is 5.91 Å². The molecule has 0 saturated heterocycles. The van der Waals surface area contributed by atoms with Crippen molar-refractivity contribution in [1.29, 1.82) is 0 Å². The molecule has 0 saturated carbocycles. The van der Waals surface area contributed by atoms with Gasteiger partial charge in [-0.15, -0.1) is 0 Å². The third kappa shape index (κ3) is 27.0. The summed E-state index contributed by atoms with van der Waals surface area (Å²) in [6, 6.07) is -0.736. The highest BCUT2D eigenvalue weighted by Gasteiger charge is 2.20. The minimum absolute atomic E-state index is 0.0173. The molecule has 3 atom stereocenters. The van der Waals surface area contributed by atoms with Crippen molar-refractivity contribution in [3.8, 4) is 0 Å². The summed E-state index contributed by atoms with van der Waals surface area (Å²) in [4.78, 5) is 12.3. The monoisotopic (exact) mass is 554 g/mol. The molecule has 0 rings (SSSR count). The minimum Gasteiger partial charge on any atom is -0.394 e. The molecule has 0 unspecified atom stereocenters. The zero-order chi connectivity index (χ0) is 28.8. The number of nitrogens with one attached hydrogen (secondary N) is 1. The van der Waals surface area contributed by atoms with E-state index in [2.05, 4.69) is 19.2 Å². The lowest BCUT2D eigenvalue weighted by atomic mass is 10.0. The Labute approximate surface area is 242 Å². The Morgan fingerprint density at radius 1 is 0.641 bits per heavy atom. The number of carbonyl (C=O) groups excluding carboxylic acids is 1. The van der Waals surface area contributed by atoms with E-state index >= 15 is 0 Å². The Morgan fingerprint density at radius 3 is 1.49 bits per heavy atom. The summed E-state index contributed by atoms with van der Waals surface area (Å²) >= 11 is 0. The molecule has 5 heteroatoms. The second-order valence-electron chi connectivity index (χ2n) is 11.8. The molecule has 0 aliphatic heterocycles. The fourth-order valence-electron chi connectivity index (χ4n) is 5.16. The average molecular weight is 554 g/mol. The smallest absolute Gasteiger partial charge is 0.222 e. The van der Waals surface area contributed by atoms with Crippen LogP contribution in [-0.4, -0.2) is 46.1 Å². The molecule has 5 nitrogen and oxygen atoms in total. The third-order valence-corrected chi connectivity index (χ3v) is 7.82. The Morgan fingerprint density at radius 2 is 1.05 bits per heavy atom. The Hall–Kier alpha value is -0.910. The van der Waals surface area contributed by atoms with E-state index in [1.807, 2.05) is 6.08 Å². The van der Waals surface area contributed by atoms with E-state index in [9.17, 15) is 20.1 Å². The first kappa shape index (κ1) is 38.1. The zero-order valence-electron chi connectivity index (χ0n) is 26.0. The number of allylic oxidation sites excluding steroid dienone is 1. The summed E-state index contributed by atoms with van der Waals surface area (Å²) in [6.07, 6.45) is 31.8. The second-order valence-corrected chi connectivity index (χ2v) is 11.8. The molecule has 1 amide bonds. The first-order valence-corrected chi connectivity index (χ1v) is 17.0. The van der Waals surface area contributed by atoms with Gasteiger partial charge >= 0.3 is 0 Å². The number of unbranched alkanes of at least 4 members (excludes halogenated alkanes) is 21. The first-order valence-electron chi connectivity index (χ1n) is 17.0. The van der Waals surface area contributed by atoms with Gasteiger partial charge in [0.25, 0.3) is 0 Å². The fourth-order valence-corrected chi connectivity index (χ4v) is 5.16. The van der Waals surface area contributed by atoms with E-state index < -0.39 is 18.2 Å². The van der Waals surface area contributed by atoms with Gasteiger partial charge in [-0.05, 0) is 19.3 Å². The molecule has 0 radical (unpaired) electrons. The molecule has 0 fully saturated rings. The molecule has 0 aliphatic carbocycles. The van der Waals surface area contributed by atoms with Gasteiger partial charge in [0.1, 0.15) is 0 Å². The van der Waals surface area contributed by atoms with Gasteiger partial charge in [0.15, 0.2) is 0 Å². The van der Waals surface area contributed by atoms with Crippen molar-refractivity contribution < 1.29 is 20.1 Å². The second kappa shape index (κ2) is 30.1. The van der Waals surface area contributed by atoms with Crippen molar-refractivity contribution in [2.75, 3.05) is 6.61 Å². The van der Waals surface area contributed by atoms with Crippen LogP contribution in [0, 0.1) is 0 Å². The van der Waals surface area contributed by atoms with E-state index in [4.69, 9.17) is 0 Å². The minimum atomic E-state index is -0.921. The topological polar surface area (TPSA) is 89.8 Å². The first-order chi connectivity index (χ1) is 19.0. The van der Waals surface area contributed by atoms with E-state index in [0.29, 0.717) is 6.42 Å². The van der Waals surface area contributed by atoms with E-state index in [1.54, 1.807) is 6.08 Å². The van der Waals surface area contributed by atoms with Gasteiger partial charge in [0, 0.05) is 0 Å². The van der Waals surface area contributed by atoms with E-state index in [-0.39, 0.29) is 18.9 Å². The molecule has 0 spiro atoms. The maximum Gasteiger partial charge on any atom is 0.222 e. The molecule has 0 aliphatic rings. The summed E-state index contributed by atoms with van der Waals surface area (Å²) in [7, 11) is 0. The van der Waals surface area contributed by atoms with Crippen molar-refractivity contribution in [2.45, 2.75) is 193 Å². The zero-order valence-corrected chi connectivity index (χ0v) is 26.0. The summed E-state index contributed by atoms with van der Waals surface area (Å²) in [6.45, 7) is 4.18. The van der Waals surface area contributed by atoms with Crippen LogP contribution in [0.3, 0.4) is 0 Å². The van der Waals surface area contributed by atoms with Crippen molar-refractivity contribution in [3.05, 3.63) is 12.2 Å². The van der Waals surface area contributed by atoms with Crippen molar-refractivity contribution in [1.82, 2.24) is 5.32 Å². The SMILES string of the molecule is CCCCCCCCCCCCC/C=C/[C@@H](O)[C@H](CO)NC(=O)C[C@@H](O)CCCCCCCCCCCCC. The largest absolute Gasteiger partial charge is 0.394 e. The highest BCUT2D eigenvalue weighted by atomic mass is 16.3. The molecule has 4 N–H and O–H groups in total. The van der Waals surface area contributed by atoms with Crippen LogP contribution in [0.15, 0.2) is 12.2 Å². The lowest BCUT2D eigenvalue weighted by Crippen LogP contribution is -2.45. The Bertz CT molecular complexity index is 539. The van der Waals surface area contributed by atoms with Crippen LogP contribution in [0.2, 0.25) is 0 Å². The Balaban J connectivity index is 3.77. The number of rotatable bonds is 30. The highest BCUT2D eigenvalue weighted by molar-refractivity contribution is 5.76. The van der Waals surface area contributed by atoms with Gasteiger partial charge in [-0.2, -0.15) is 0 Å². The molecule has 0 aromatic rings. The normalized spacial score (nSPS) is 14.1. The predicted molar refractivity (Wildman–Crippen MR) is 167 cm³/mol. The number of carbonyl (C=O) groups is 1. The van der Waals surface area contributed by atoms with Crippen molar-refractivity contribution in [3.63, 3.8) is 0 Å². The summed E-state index contributed by atoms with van der Waals surface area (Å²) in [5.74, 6) is -0.317. The van der Waals surface area contributed by atoms with Crippen LogP contribution in [0.25, 0.3) is 0 Å². The highest BCUT2D eigenvalue weighted by Crippen LogP contribution is 2.14. The molecular formula is C34H67NO4. The van der Waals surface area contributed by atoms with Crippen LogP contribution in [0.1, 0.15) is 174 Å².